The summed E-state index contributed by atoms with van der Waals surface area (Å²) in [5.41, 5.74) is -0.339. The molecule has 0 radical (unpaired) electrons. The zero-order valence-corrected chi connectivity index (χ0v) is 13.5. The Hall–Kier alpha value is -1.23. The molecular formula is C12H10ClF7O3S. The fourth-order valence-electron chi connectivity index (χ4n) is 1.59. The Morgan fingerprint density at radius 1 is 1.04 bits per heavy atom. The number of hydrogen-bond acceptors (Lipinski definition) is 3. The smallest absolute Gasteiger partial charge is 0.427 e. The molecule has 24 heavy (non-hydrogen) atoms. The van der Waals surface area contributed by atoms with E-state index in [-0.39, 0.29) is 5.56 Å². The highest BCUT2D eigenvalue weighted by Crippen LogP contribution is 2.48. The fourth-order valence-corrected chi connectivity index (χ4v) is 2.38. The summed E-state index contributed by atoms with van der Waals surface area (Å²) >= 11 is 0. The second-order valence-corrected chi connectivity index (χ2v) is 7.55. The lowest BCUT2D eigenvalue weighted by Crippen LogP contribution is -2.55. The van der Waals surface area contributed by atoms with E-state index in [1.807, 2.05) is 0 Å². The van der Waals surface area contributed by atoms with Crippen LogP contribution in [-0.4, -0.2) is 26.6 Å². The molecule has 0 saturated heterocycles. The van der Waals surface area contributed by atoms with E-state index in [9.17, 15) is 39.2 Å². The van der Waals surface area contributed by atoms with Gasteiger partial charge in [0, 0.05) is 10.7 Å². The number of alkyl halides is 7. The van der Waals surface area contributed by atoms with Crippen molar-refractivity contribution >= 4 is 19.7 Å². The van der Waals surface area contributed by atoms with Crippen molar-refractivity contribution < 1.29 is 43.9 Å². The van der Waals surface area contributed by atoms with Crippen molar-refractivity contribution in [1.82, 2.24) is 0 Å². The molecule has 0 fully saturated rings. The molecule has 0 spiro atoms. The molecule has 1 aromatic rings. The van der Waals surface area contributed by atoms with Gasteiger partial charge in [0.15, 0.2) is 0 Å². The minimum absolute atomic E-state index is 0.339. The largest absolute Gasteiger partial charge is 0.474 e. The summed E-state index contributed by atoms with van der Waals surface area (Å²) < 4.78 is 115. The Labute approximate surface area is 136 Å². The van der Waals surface area contributed by atoms with Crippen molar-refractivity contribution in [1.29, 1.82) is 0 Å². The first kappa shape index (κ1) is 20.8. The first-order valence-electron chi connectivity index (χ1n) is 6.10. The predicted octanol–water partition coefficient (Wildman–Crippen LogP) is 4.91. The summed E-state index contributed by atoms with van der Waals surface area (Å²) in [4.78, 5) is -0.550. The van der Waals surface area contributed by atoms with Gasteiger partial charge in [-0.15, -0.1) is 0 Å². The van der Waals surface area contributed by atoms with Gasteiger partial charge in [-0.2, -0.15) is 30.7 Å². The van der Waals surface area contributed by atoms with Gasteiger partial charge in [-0.1, -0.05) is 13.8 Å². The van der Waals surface area contributed by atoms with Crippen LogP contribution in [0.1, 0.15) is 25.3 Å². The summed E-state index contributed by atoms with van der Waals surface area (Å²) in [6.07, 6.45) is -12.5. The van der Waals surface area contributed by atoms with Crippen LogP contribution in [0.3, 0.4) is 0 Å². The minimum atomic E-state index is -6.55. The molecule has 3 nitrogen and oxygen atoms in total. The average molecular weight is 403 g/mol. The highest BCUT2D eigenvalue weighted by atomic mass is 35.7. The lowest BCUT2D eigenvalue weighted by atomic mass is 10.0. The van der Waals surface area contributed by atoms with Gasteiger partial charge in [0.05, 0.1) is 4.90 Å². The van der Waals surface area contributed by atoms with Crippen molar-refractivity contribution in [3.05, 3.63) is 23.8 Å². The van der Waals surface area contributed by atoms with E-state index < -0.39 is 43.8 Å². The summed E-state index contributed by atoms with van der Waals surface area (Å²) in [5, 5.41) is 0. The van der Waals surface area contributed by atoms with Crippen molar-refractivity contribution in [2.45, 2.75) is 42.9 Å². The maximum Gasteiger partial charge on any atom is 0.474 e. The number of halogens is 8. The highest BCUT2D eigenvalue weighted by Gasteiger charge is 2.75. The normalized spacial score (nSPS) is 14.1. The molecule has 0 aliphatic rings. The molecule has 0 saturated carbocycles. The number of benzene rings is 1. The molecule has 0 unspecified atom stereocenters. The van der Waals surface area contributed by atoms with Gasteiger partial charge in [0.2, 0.25) is 0 Å². The van der Waals surface area contributed by atoms with Crippen LogP contribution in [0.2, 0.25) is 0 Å². The standard InChI is InChI=1S/C12H10ClF7O3S/c1-6(2)8-5-7(24(13,21)22)3-4-9(8)23-12(19,20)10(14,15)11(16,17)18/h3-6H,1-2H3. The van der Waals surface area contributed by atoms with E-state index in [4.69, 9.17) is 10.7 Å². The van der Waals surface area contributed by atoms with Gasteiger partial charge in [0.25, 0.3) is 9.05 Å². The molecular weight excluding hydrogens is 393 g/mol. The molecule has 1 aromatic carbocycles. The van der Waals surface area contributed by atoms with Gasteiger partial charge in [-0.05, 0) is 29.7 Å². The second kappa shape index (κ2) is 6.25. The Kier molecular flexibility index (Phi) is 5.42. The summed E-state index contributed by atoms with van der Waals surface area (Å²) in [7, 11) is 0.798. The van der Waals surface area contributed by atoms with Crippen LogP contribution >= 0.6 is 10.7 Å². The molecule has 138 valence electrons. The summed E-state index contributed by atoms with van der Waals surface area (Å²) in [6, 6.07) is 1.93. The van der Waals surface area contributed by atoms with E-state index in [0.717, 1.165) is 6.07 Å². The third-order valence-corrected chi connectivity index (χ3v) is 4.20. The van der Waals surface area contributed by atoms with E-state index >= 15 is 0 Å². The molecule has 0 heterocycles. The topological polar surface area (TPSA) is 43.4 Å². The Balaban J connectivity index is 3.38. The van der Waals surface area contributed by atoms with Gasteiger partial charge in [-0.25, -0.2) is 8.42 Å². The van der Waals surface area contributed by atoms with Crippen LogP contribution in [0.4, 0.5) is 30.7 Å². The third kappa shape index (κ3) is 4.05. The number of ether oxygens (including phenoxy) is 1. The van der Waals surface area contributed by atoms with E-state index in [0.29, 0.717) is 12.1 Å². The van der Waals surface area contributed by atoms with Gasteiger partial charge < -0.3 is 4.74 Å². The molecule has 0 atom stereocenters. The lowest BCUT2D eigenvalue weighted by Gasteiger charge is -2.29. The quantitative estimate of drug-likeness (QED) is 0.519. The van der Waals surface area contributed by atoms with Gasteiger partial charge >= 0.3 is 18.2 Å². The van der Waals surface area contributed by atoms with Crippen LogP contribution in [-0.2, 0) is 9.05 Å². The molecule has 12 heteroatoms. The summed E-state index contributed by atoms with van der Waals surface area (Å²) in [5.74, 6) is -8.22. The Morgan fingerprint density at radius 3 is 1.92 bits per heavy atom. The molecule has 0 aliphatic carbocycles. The van der Waals surface area contributed by atoms with E-state index in [2.05, 4.69) is 4.74 Å². The second-order valence-electron chi connectivity index (χ2n) is 4.98. The Bertz CT molecular complexity index is 714. The minimum Gasteiger partial charge on any atom is -0.427 e. The first-order valence-corrected chi connectivity index (χ1v) is 8.41. The molecule has 1 rings (SSSR count). The SMILES string of the molecule is CC(C)c1cc(S(=O)(=O)Cl)ccc1OC(F)(F)C(F)(F)C(F)(F)F. The third-order valence-electron chi connectivity index (χ3n) is 2.84. The highest BCUT2D eigenvalue weighted by molar-refractivity contribution is 8.13. The molecule has 0 aromatic heterocycles. The maximum absolute atomic E-state index is 13.3. The van der Waals surface area contributed by atoms with Crippen LogP contribution in [0, 0.1) is 0 Å². The van der Waals surface area contributed by atoms with Crippen LogP contribution in [0.25, 0.3) is 0 Å². The number of hydrogen-bond donors (Lipinski definition) is 0. The predicted molar refractivity (Wildman–Crippen MR) is 70.1 cm³/mol. The van der Waals surface area contributed by atoms with Crippen molar-refractivity contribution in [2.24, 2.45) is 0 Å². The van der Waals surface area contributed by atoms with Gasteiger partial charge in [-0.3, -0.25) is 0 Å². The molecule has 0 amide bonds. The molecule has 0 bridgehead atoms. The summed E-state index contributed by atoms with van der Waals surface area (Å²) in [6.45, 7) is 2.71. The first-order chi connectivity index (χ1) is 10.5. The van der Waals surface area contributed by atoms with Gasteiger partial charge in [0.1, 0.15) is 5.75 Å². The van der Waals surface area contributed by atoms with E-state index in [1.54, 1.807) is 0 Å². The lowest BCUT2D eigenvalue weighted by molar-refractivity contribution is -0.403. The maximum atomic E-state index is 13.3. The number of rotatable bonds is 5. The van der Waals surface area contributed by atoms with Crippen LogP contribution in [0.5, 0.6) is 5.75 Å². The Morgan fingerprint density at radius 2 is 1.54 bits per heavy atom. The zero-order chi connectivity index (χ0) is 19.1. The van der Waals surface area contributed by atoms with Crippen LogP contribution < -0.4 is 4.74 Å². The van der Waals surface area contributed by atoms with Crippen molar-refractivity contribution in [3.8, 4) is 5.75 Å². The fraction of sp³-hybridized carbons (Fsp3) is 0.500. The van der Waals surface area contributed by atoms with Crippen molar-refractivity contribution in [2.75, 3.05) is 0 Å². The van der Waals surface area contributed by atoms with Crippen LogP contribution in [0.15, 0.2) is 23.1 Å². The molecule has 0 aliphatic heterocycles. The van der Waals surface area contributed by atoms with Crippen molar-refractivity contribution in [3.63, 3.8) is 0 Å². The average Bonchev–Trinajstić information content (AvgIpc) is 2.35. The monoisotopic (exact) mass is 402 g/mol. The zero-order valence-electron chi connectivity index (χ0n) is 12.0. The van der Waals surface area contributed by atoms with E-state index in [1.165, 1.54) is 13.8 Å². The molecule has 0 N–H and O–H groups in total.